The summed E-state index contributed by atoms with van der Waals surface area (Å²) in [6, 6.07) is 5.71. The number of hydrogen-bond donors (Lipinski definition) is 0. The first kappa shape index (κ1) is 14.5. The zero-order valence-electron chi connectivity index (χ0n) is 12.3. The Morgan fingerprint density at radius 1 is 1.38 bits per heavy atom. The zero-order valence-corrected chi connectivity index (χ0v) is 13.0. The van der Waals surface area contributed by atoms with Crippen LogP contribution in [0.2, 0.25) is 5.02 Å². The third kappa shape index (κ3) is 2.93. The summed E-state index contributed by atoms with van der Waals surface area (Å²) in [5.41, 5.74) is 1.80. The van der Waals surface area contributed by atoms with E-state index in [1.54, 1.807) is 0 Å². The van der Waals surface area contributed by atoms with Crippen LogP contribution in [0.1, 0.15) is 31.7 Å². The van der Waals surface area contributed by atoms with Crippen molar-refractivity contribution in [3.05, 3.63) is 34.5 Å². The Morgan fingerprint density at radius 3 is 2.76 bits per heavy atom. The van der Waals surface area contributed by atoms with Crippen LogP contribution in [0.25, 0.3) is 6.08 Å². The van der Waals surface area contributed by atoms with Gasteiger partial charge in [-0.05, 0) is 43.0 Å². The molecule has 3 aliphatic rings. The normalized spacial score (nSPS) is 20.4. The predicted molar refractivity (Wildman–Crippen MR) is 84.5 cm³/mol. The standard InChI is InChI=1S/C17H20ClNO2/c1-2-9-21-16-4-3-12(10-14(16)18)11-15-17(20)13-5-7-19(15)8-6-13/h3-4,10-11,13H,2,5-9H2,1H3/b15-11-. The fourth-order valence-corrected chi connectivity index (χ4v) is 3.25. The Hall–Kier alpha value is -1.48. The summed E-state index contributed by atoms with van der Waals surface area (Å²) in [4.78, 5) is 14.5. The molecule has 0 radical (unpaired) electrons. The van der Waals surface area contributed by atoms with Gasteiger partial charge < -0.3 is 9.64 Å². The van der Waals surface area contributed by atoms with Crippen LogP contribution in [0.3, 0.4) is 0 Å². The number of carbonyl (C=O) groups excluding carboxylic acids is 1. The molecule has 0 spiro atoms. The van der Waals surface area contributed by atoms with Gasteiger partial charge in [-0.25, -0.2) is 0 Å². The summed E-state index contributed by atoms with van der Waals surface area (Å²) < 4.78 is 5.57. The van der Waals surface area contributed by atoms with E-state index in [1.807, 2.05) is 24.3 Å². The van der Waals surface area contributed by atoms with Crippen molar-refractivity contribution in [1.29, 1.82) is 0 Å². The van der Waals surface area contributed by atoms with Crippen LogP contribution in [0.5, 0.6) is 5.75 Å². The minimum atomic E-state index is 0.226. The van der Waals surface area contributed by atoms with Gasteiger partial charge >= 0.3 is 0 Å². The number of allylic oxidation sites excluding steroid dienone is 1. The highest BCUT2D eigenvalue weighted by Gasteiger charge is 2.36. The van der Waals surface area contributed by atoms with E-state index in [-0.39, 0.29) is 11.7 Å². The van der Waals surface area contributed by atoms with Gasteiger partial charge in [0.2, 0.25) is 0 Å². The van der Waals surface area contributed by atoms with Crippen LogP contribution in [-0.2, 0) is 4.79 Å². The second-order valence-corrected chi connectivity index (χ2v) is 6.10. The maximum absolute atomic E-state index is 12.3. The maximum Gasteiger partial charge on any atom is 0.182 e. The topological polar surface area (TPSA) is 29.5 Å². The SMILES string of the molecule is CCCOc1ccc(/C=C2/C(=O)C3CCN2CC3)cc1Cl. The van der Waals surface area contributed by atoms with Gasteiger partial charge in [0.05, 0.1) is 17.3 Å². The van der Waals surface area contributed by atoms with Crippen molar-refractivity contribution in [2.45, 2.75) is 26.2 Å². The molecule has 1 aromatic rings. The second kappa shape index (κ2) is 6.10. The molecule has 0 unspecified atom stereocenters. The van der Waals surface area contributed by atoms with Crippen molar-refractivity contribution in [2.24, 2.45) is 5.92 Å². The summed E-state index contributed by atoms with van der Waals surface area (Å²) in [6.07, 6.45) is 4.91. The monoisotopic (exact) mass is 305 g/mol. The maximum atomic E-state index is 12.3. The summed E-state index contributed by atoms with van der Waals surface area (Å²) in [5, 5.41) is 0.598. The molecule has 2 bridgehead atoms. The molecule has 1 aromatic carbocycles. The van der Waals surface area contributed by atoms with E-state index in [0.717, 1.165) is 43.6 Å². The molecule has 3 fully saturated rings. The number of hydrogen-bond acceptors (Lipinski definition) is 3. The van der Waals surface area contributed by atoms with E-state index in [0.29, 0.717) is 17.4 Å². The van der Waals surface area contributed by atoms with Gasteiger partial charge in [-0.15, -0.1) is 0 Å². The predicted octanol–water partition coefficient (Wildman–Crippen LogP) is 3.76. The number of ketones is 1. The number of fused-ring (bicyclic) bond motifs is 3. The van der Waals surface area contributed by atoms with Crippen LogP contribution in [0.15, 0.2) is 23.9 Å². The summed E-state index contributed by atoms with van der Waals surface area (Å²) in [7, 11) is 0. The van der Waals surface area contributed by atoms with Gasteiger partial charge in [0, 0.05) is 19.0 Å². The van der Waals surface area contributed by atoms with Crippen LogP contribution in [0.4, 0.5) is 0 Å². The molecule has 4 rings (SSSR count). The van der Waals surface area contributed by atoms with Crippen molar-refractivity contribution < 1.29 is 9.53 Å². The first-order chi connectivity index (χ1) is 10.2. The smallest absolute Gasteiger partial charge is 0.182 e. The number of halogens is 1. The van der Waals surface area contributed by atoms with Crippen molar-refractivity contribution >= 4 is 23.5 Å². The Bertz CT molecular complexity index is 574. The van der Waals surface area contributed by atoms with E-state index in [4.69, 9.17) is 16.3 Å². The molecule has 0 N–H and O–H groups in total. The molecule has 21 heavy (non-hydrogen) atoms. The van der Waals surface area contributed by atoms with E-state index in [9.17, 15) is 4.79 Å². The Morgan fingerprint density at radius 2 is 2.14 bits per heavy atom. The summed E-state index contributed by atoms with van der Waals surface area (Å²) >= 11 is 6.25. The lowest BCUT2D eigenvalue weighted by Crippen LogP contribution is -2.45. The summed E-state index contributed by atoms with van der Waals surface area (Å²) in [6.45, 7) is 4.71. The van der Waals surface area contributed by atoms with E-state index in [1.165, 1.54) is 0 Å². The summed E-state index contributed by atoms with van der Waals surface area (Å²) in [5.74, 6) is 1.22. The van der Waals surface area contributed by atoms with Gasteiger partial charge in [-0.3, -0.25) is 4.79 Å². The van der Waals surface area contributed by atoms with Gasteiger partial charge in [-0.2, -0.15) is 0 Å². The molecule has 3 aliphatic heterocycles. The molecule has 0 atom stereocenters. The van der Waals surface area contributed by atoms with Crippen LogP contribution in [0, 0.1) is 5.92 Å². The molecule has 3 nitrogen and oxygen atoms in total. The lowest BCUT2D eigenvalue weighted by atomic mass is 9.84. The molecule has 3 heterocycles. The average molecular weight is 306 g/mol. The van der Waals surface area contributed by atoms with Crippen LogP contribution < -0.4 is 4.74 Å². The molecule has 0 aromatic heterocycles. The van der Waals surface area contributed by atoms with Crippen molar-refractivity contribution in [1.82, 2.24) is 4.90 Å². The molecule has 3 saturated heterocycles. The van der Waals surface area contributed by atoms with Crippen molar-refractivity contribution in [2.75, 3.05) is 19.7 Å². The van der Waals surface area contributed by atoms with Gasteiger partial charge in [0.1, 0.15) is 5.75 Å². The molecule has 0 saturated carbocycles. The van der Waals surface area contributed by atoms with Gasteiger partial charge in [0.15, 0.2) is 5.78 Å². The lowest BCUT2D eigenvalue weighted by molar-refractivity contribution is -0.125. The van der Waals surface area contributed by atoms with Crippen LogP contribution >= 0.6 is 11.6 Å². The molecular weight excluding hydrogens is 286 g/mol. The average Bonchev–Trinajstić information content (AvgIpc) is 2.50. The number of nitrogens with zero attached hydrogens (tertiary/aromatic N) is 1. The number of carbonyl (C=O) groups is 1. The third-order valence-corrected chi connectivity index (χ3v) is 4.48. The Labute approximate surface area is 130 Å². The van der Waals surface area contributed by atoms with Crippen molar-refractivity contribution in [3.63, 3.8) is 0 Å². The minimum absolute atomic E-state index is 0.226. The van der Waals surface area contributed by atoms with E-state index < -0.39 is 0 Å². The zero-order chi connectivity index (χ0) is 14.8. The minimum Gasteiger partial charge on any atom is -0.492 e. The highest BCUT2D eigenvalue weighted by molar-refractivity contribution is 6.32. The first-order valence-electron chi connectivity index (χ1n) is 7.62. The first-order valence-corrected chi connectivity index (χ1v) is 8.00. The highest BCUT2D eigenvalue weighted by Crippen LogP contribution is 2.33. The van der Waals surface area contributed by atoms with Gasteiger partial charge in [-0.1, -0.05) is 24.6 Å². The van der Waals surface area contributed by atoms with Crippen molar-refractivity contribution in [3.8, 4) is 5.75 Å². The third-order valence-electron chi connectivity index (χ3n) is 4.18. The Balaban J connectivity index is 1.82. The number of Topliss-reactive ketones (excluding diaryl/α,β-unsaturated/α-hetero) is 1. The molecule has 4 heteroatoms. The van der Waals surface area contributed by atoms with Gasteiger partial charge in [0.25, 0.3) is 0 Å². The van der Waals surface area contributed by atoms with E-state index in [2.05, 4.69) is 11.8 Å². The number of benzene rings is 1. The quantitative estimate of drug-likeness (QED) is 0.793. The second-order valence-electron chi connectivity index (χ2n) is 5.69. The highest BCUT2D eigenvalue weighted by atomic mass is 35.5. The number of piperidine rings is 3. The lowest BCUT2D eigenvalue weighted by Gasteiger charge is -2.41. The Kier molecular flexibility index (Phi) is 4.20. The number of rotatable bonds is 4. The van der Waals surface area contributed by atoms with E-state index >= 15 is 0 Å². The molecule has 112 valence electrons. The molecular formula is C17H20ClNO2. The van der Waals surface area contributed by atoms with Crippen LogP contribution in [-0.4, -0.2) is 30.4 Å². The fourth-order valence-electron chi connectivity index (χ4n) is 3.00. The molecule has 0 aliphatic carbocycles. The molecule has 0 amide bonds. The largest absolute Gasteiger partial charge is 0.492 e. The number of ether oxygens (including phenoxy) is 1. The fraction of sp³-hybridized carbons (Fsp3) is 0.471.